The minimum atomic E-state index is -4.78. The number of rotatable bonds is 7. The Morgan fingerprint density at radius 1 is 1.10 bits per heavy atom. The van der Waals surface area contributed by atoms with Crippen molar-refractivity contribution in [1.82, 2.24) is 9.88 Å². The Bertz CT molecular complexity index is 1040. The lowest BCUT2D eigenvalue weighted by Gasteiger charge is -2.22. The highest BCUT2D eigenvalue weighted by Gasteiger charge is 2.31. The van der Waals surface area contributed by atoms with Crippen molar-refractivity contribution in [2.24, 2.45) is 0 Å². The first-order chi connectivity index (χ1) is 14.2. The van der Waals surface area contributed by atoms with Crippen molar-refractivity contribution in [3.63, 3.8) is 0 Å². The van der Waals surface area contributed by atoms with E-state index < -0.39 is 6.36 Å². The molecule has 1 heterocycles. The third-order valence-corrected chi connectivity index (χ3v) is 5.19. The van der Waals surface area contributed by atoms with Gasteiger partial charge in [0, 0.05) is 24.7 Å². The van der Waals surface area contributed by atoms with Gasteiger partial charge in [-0.1, -0.05) is 17.4 Å². The molecule has 1 aromatic heterocycles. The molecule has 0 aliphatic rings. The fourth-order valence-electron chi connectivity index (χ4n) is 2.70. The summed E-state index contributed by atoms with van der Waals surface area (Å²) in [4.78, 5) is 21.1. The molecule has 30 heavy (non-hydrogen) atoms. The molecule has 0 spiro atoms. The van der Waals surface area contributed by atoms with Gasteiger partial charge < -0.3 is 14.4 Å². The van der Waals surface area contributed by atoms with Crippen LogP contribution in [0.15, 0.2) is 42.5 Å². The molecule has 0 bridgehead atoms. The molecule has 0 atom stereocenters. The molecule has 0 unspecified atom stereocenters. The summed E-state index contributed by atoms with van der Waals surface area (Å²) in [5, 5.41) is 0.392. The van der Waals surface area contributed by atoms with Crippen LogP contribution in [0.25, 0.3) is 10.2 Å². The lowest BCUT2D eigenvalue weighted by atomic mass is 10.2. The van der Waals surface area contributed by atoms with Gasteiger partial charge in [-0.05, 0) is 44.4 Å². The molecule has 3 rings (SSSR count). The normalized spacial score (nSPS) is 11.7. The Morgan fingerprint density at radius 3 is 2.53 bits per heavy atom. The lowest BCUT2D eigenvalue weighted by Crippen LogP contribution is -2.36. The Hall–Kier alpha value is -2.85. The number of carbonyl (C=O) groups is 1. The maximum Gasteiger partial charge on any atom is 0.573 e. The Morgan fingerprint density at radius 2 is 1.87 bits per heavy atom. The summed E-state index contributed by atoms with van der Waals surface area (Å²) in [6, 6.07) is 10.7. The number of fused-ring (bicyclic) bond motifs is 1. The summed E-state index contributed by atoms with van der Waals surface area (Å²) in [5.41, 5.74) is 0.909. The van der Waals surface area contributed by atoms with E-state index in [1.54, 1.807) is 24.3 Å². The number of benzene rings is 2. The number of anilines is 1. The van der Waals surface area contributed by atoms with Gasteiger partial charge in [-0.25, -0.2) is 4.98 Å². The molecule has 0 radical (unpaired) electrons. The lowest BCUT2D eigenvalue weighted by molar-refractivity contribution is -0.274. The van der Waals surface area contributed by atoms with E-state index in [9.17, 15) is 18.0 Å². The Labute approximate surface area is 175 Å². The number of amides is 1. The minimum absolute atomic E-state index is 0.276. The zero-order chi connectivity index (χ0) is 21.9. The van der Waals surface area contributed by atoms with Crippen molar-refractivity contribution in [2.75, 3.05) is 39.2 Å². The Balaban J connectivity index is 1.96. The smallest absolute Gasteiger partial charge is 0.497 e. The first-order valence-corrected chi connectivity index (χ1v) is 9.75. The molecule has 3 aromatic rings. The van der Waals surface area contributed by atoms with Crippen LogP contribution in [0.5, 0.6) is 11.5 Å². The highest BCUT2D eigenvalue weighted by Crippen LogP contribution is 2.34. The predicted octanol–water partition coefficient (Wildman–Crippen LogP) is 4.41. The molecule has 6 nitrogen and oxygen atoms in total. The zero-order valence-electron chi connectivity index (χ0n) is 16.6. The fraction of sp³-hybridized carbons (Fsp3) is 0.300. The number of carbonyl (C=O) groups excluding carboxylic acids is 1. The van der Waals surface area contributed by atoms with Crippen LogP contribution in [0.1, 0.15) is 10.4 Å². The molecular formula is C20H20F3N3O3S. The first-order valence-electron chi connectivity index (χ1n) is 8.93. The number of ether oxygens (including phenoxy) is 2. The van der Waals surface area contributed by atoms with E-state index in [0.717, 1.165) is 11.3 Å². The fourth-order valence-corrected chi connectivity index (χ4v) is 3.72. The highest BCUT2D eigenvalue weighted by atomic mass is 32.1. The first kappa shape index (κ1) is 21.8. The monoisotopic (exact) mass is 439 g/mol. The van der Waals surface area contributed by atoms with Crippen molar-refractivity contribution in [3.05, 3.63) is 48.0 Å². The van der Waals surface area contributed by atoms with Crippen LogP contribution in [0, 0.1) is 0 Å². The molecule has 1 amide bonds. The number of nitrogens with zero attached hydrogens (tertiary/aromatic N) is 3. The van der Waals surface area contributed by atoms with Gasteiger partial charge >= 0.3 is 6.36 Å². The van der Waals surface area contributed by atoms with E-state index >= 15 is 0 Å². The van der Waals surface area contributed by atoms with Crippen LogP contribution in [-0.2, 0) is 0 Å². The summed E-state index contributed by atoms with van der Waals surface area (Å²) < 4.78 is 47.2. The largest absolute Gasteiger partial charge is 0.573 e. The number of thiazole rings is 1. The number of methoxy groups -OCH3 is 1. The summed E-state index contributed by atoms with van der Waals surface area (Å²) in [7, 11) is 5.28. The maximum absolute atomic E-state index is 13.2. The van der Waals surface area contributed by atoms with Crippen LogP contribution >= 0.6 is 11.3 Å². The summed E-state index contributed by atoms with van der Waals surface area (Å²) in [6.07, 6.45) is -4.78. The second-order valence-electron chi connectivity index (χ2n) is 6.67. The van der Waals surface area contributed by atoms with E-state index in [1.807, 2.05) is 19.0 Å². The zero-order valence-corrected chi connectivity index (χ0v) is 17.4. The average molecular weight is 439 g/mol. The van der Waals surface area contributed by atoms with Gasteiger partial charge in [0.1, 0.15) is 11.5 Å². The summed E-state index contributed by atoms with van der Waals surface area (Å²) in [5.74, 6) is -0.0580. The van der Waals surface area contributed by atoms with Gasteiger partial charge in [-0.15, -0.1) is 13.2 Å². The van der Waals surface area contributed by atoms with E-state index in [0.29, 0.717) is 39.8 Å². The molecule has 0 fully saturated rings. The van der Waals surface area contributed by atoms with Crippen molar-refractivity contribution >= 4 is 32.6 Å². The Kier molecular flexibility index (Phi) is 6.47. The topological polar surface area (TPSA) is 54.9 Å². The van der Waals surface area contributed by atoms with Crippen LogP contribution in [0.4, 0.5) is 18.3 Å². The van der Waals surface area contributed by atoms with Crippen LogP contribution in [0.3, 0.4) is 0 Å². The van der Waals surface area contributed by atoms with E-state index in [4.69, 9.17) is 4.74 Å². The van der Waals surface area contributed by atoms with Gasteiger partial charge in [0.2, 0.25) is 0 Å². The number of aromatic nitrogens is 1. The number of likely N-dealkylation sites (N-methyl/N-ethyl adjacent to an activating group) is 1. The molecule has 0 saturated carbocycles. The SMILES string of the molecule is COc1cccc(C(=O)N(CCN(C)C)c2nc3ccc(OC(F)(F)F)cc3s2)c1. The highest BCUT2D eigenvalue weighted by molar-refractivity contribution is 7.22. The number of halogens is 3. The molecule has 0 saturated heterocycles. The standard InChI is InChI=1S/C20H20F3N3O3S/c1-25(2)9-10-26(18(27)13-5-4-6-14(11-13)28-3)19-24-16-8-7-15(12-17(16)30-19)29-20(21,22)23/h4-8,11-12H,9-10H2,1-3H3. The second-order valence-corrected chi connectivity index (χ2v) is 7.67. The molecule has 0 N–H and O–H groups in total. The van der Waals surface area contributed by atoms with Crippen molar-refractivity contribution in [2.45, 2.75) is 6.36 Å². The molecule has 0 aliphatic heterocycles. The van der Waals surface area contributed by atoms with Crippen molar-refractivity contribution in [1.29, 1.82) is 0 Å². The molecule has 160 valence electrons. The van der Waals surface area contributed by atoms with E-state index in [-0.39, 0.29) is 11.7 Å². The van der Waals surface area contributed by atoms with Gasteiger partial charge in [0.25, 0.3) is 5.91 Å². The second kappa shape index (κ2) is 8.88. The number of hydrogen-bond donors (Lipinski definition) is 0. The van der Waals surface area contributed by atoms with Gasteiger partial charge in [0.05, 0.1) is 17.3 Å². The summed E-state index contributed by atoms with van der Waals surface area (Å²) in [6.45, 7) is 0.933. The third-order valence-electron chi connectivity index (χ3n) is 4.15. The van der Waals surface area contributed by atoms with E-state index in [1.165, 1.54) is 30.2 Å². The van der Waals surface area contributed by atoms with Gasteiger partial charge in [-0.3, -0.25) is 9.69 Å². The van der Waals surface area contributed by atoms with Crippen molar-refractivity contribution in [3.8, 4) is 11.5 Å². The minimum Gasteiger partial charge on any atom is -0.497 e. The predicted molar refractivity (Wildman–Crippen MR) is 110 cm³/mol. The van der Waals surface area contributed by atoms with Crippen LogP contribution in [0.2, 0.25) is 0 Å². The summed E-state index contributed by atoms with van der Waals surface area (Å²) >= 11 is 1.13. The van der Waals surface area contributed by atoms with Crippen LogP contribution < -0.4 is 14.4 Å². The van der Waals surface area contributed by atoms with E-state index in [2.05, 4.69) is 9.72 Å². The third kappa shape index (κ3) is 5.39. The molecular weight excluding hydrogens is 419 g/mol. The van der Waals surface area contributed by atoms with Crippen LogP contribution in [-0.4, -0.2) is 56.4 Å². The average Bonchev–Trinajstić information content (AvgIpc) is 3.09. The maximum atomic E-state index is 13.2. The van der Waals surface area contributed by atoms with Gasteiger partial charge in [-0.2, -0.15) is 0 Å². The number of hydrogen-bond acceptors (Lipinski definition) is 6. The van der Waals surface area contributed by atoms with Crippen molar-refractivity contribution < 1.29 is 27.4 Å². The molecule has 0 aliphatic carbocycles. The van der Waals surface area contributed by atoms with Gasteiger partial charge in [0.15, 0.2) is 5.13 Å². The quantitative estimate of drug-likeness (QED) is 0.546. The molecule has 2 aromatic carbocycles. The molecule has 10 heteroatoms. The number of alkyl halides is 3.